The van der Waals surface area contributed by atoms with Crippen molar-refractivity contribution >= 4 is 36.4 Å². The molecule has 0 aliphatic carbocycles. The predicted octanol–water partition coefficient (Wildman–Crippen LogP) is 2.26. The van der Waals surface area contributed by atoms with Crippen molar-refractivity contribution in [3.63, 3.8) is 0 Å². The highest BCUT2D eigenvalue weighted by Gasteiger charge is 2.32. The van der Waals surface area contributed by atoms with E-state index in [1.54, 1.807) is 12.1 Å². The number of piperazine rings is 1. The summed E-state index contributed by atoms with van der Waals surface area (Å²) in [7, 11) is 0. The molecule has 5 nitrogen and oxygen atoms in total. The van der Waals surface area contributed by atoms with Crippen molar-refractivity contribution in [2.45, 2.75) is 26.8 Å². The van der Waals surface area contributed by atoms with Crippen LogP contribution >= 0.6 is 24.8 Å². The maximum atomic E-state index is 12.4. The molecule has 1 saturated heterocycles. The molecular weight excluding hydrogens is 337 g/mol. The Hall–Kier alpha value is -1.17. The topological polar surface area (TPSA) is 69.8 Å². The average Bonchev–Trinajstić information content (AvgIpc) is 2.46. The number of nitrogens with zero attached hydrogens (tertiary/aromatic N) is 2. The van der Waals surface area contributed by atoms with Gasteiger partial charge in [-0.2, -0.15) is 0 Å². The number of rotatable bonds is 2. The standard InChI is InChI=1S/C16H25N3O2.2ClH/c1-16(2,3)14(17)15(21)19-10-8-18(9-11-19)12-4-6-13(20)7-5-12;;/h4-7,14,20H,8-11,17H2,1-3H3;2*1H/t14-;;/m1../s1. The first-order chi connectivity index (χ1) is 9.79. The molecular formula is C16H27Cl2N3O2. The summed E-state index contributed by atoms with van der Waals surface area (Å²) in [5, 5.41) is 9.32. The second-order valence-electron chi connectivity index (χ2n) is 6.67. The van der Waals surface area contributed by atoms with Gasteiger partial charge in [-0.05, 0) is 29.7 Å². The number of phenols is 1. The Morgan fingerprint density at radius 2 is 1.57 bits per heavy atom. The van der Waals surface area contributed by atoms with Crippen LogP contribution in [-0.2, 0) is 4.79 Å². The van der Waals surface area contributed by atoms with Crippen LogP contribution in [0.1, 0.15) is 20.8 Å². The fourth-order valence-corrected chi connectivity index (χ4v) is 2.42. The molecule has 1 aromatic carbocycles. The summed E-state index contributed by atoms with van der Waals surface area (Å²) in [5.74, 6) is 0.302. The summed E-state index contributed by atoms with van der Waals surface area (Å²) in [6.45, 7) is 8.90. The summed E-state index contributed by atoms with van der Waals surface area (Å²) in [5.41, 5.74) is 6.91. The van der Waals surface area contributed by atoms with Gasteiger partial charge >= 0.3 is 0 Å². The van der Waals surface area contributed by atoms with E-state index in [1.165, 1.54) is 0 Å². The van der Waals surface area contributed by atoms with Crippen LogP contribution in [0.3, 0.4) is 0 Å². The number of nitrogens with two attached hydrogens (primary N) is 1. The van der Waals surface area contributed by atoms with Crippen LogP contribution < -0.4 is 10.6 Å². The number of hydrogen-bond acceptors (Lipinski definition) is 4. The normalized spacial score (nSPS) is 16.2. The molecule has 3 N–H and O–H groups in total. The van der Waals surface area contributed by atoms with E-state index in [-0.39, 0.29) is 41.9 Å². The summed E-state index contributed by atoms with van der Waals surface area (Å²) in [6, 6.07) is 6.70. The molecule has 1 atom stereocenters. The zero-order chi connectivity index (χ0) is 15.6. The Labute approximate surface area is 150 Å². The maximum absolute atomic E-state index is 12.4. The average molecular weight is 364 g/mol. The lowest BCUT2D eigenvalue weighted by Crippen LogP contribution is -2.56. The number of phenolic OH excluding ortho intramolecular Hbond substituents is 1. The minimum absolute atomic E-state index is 0. The fraction of sp³-hybridized carbons (Fsp3) is 0.562. The molecule has 2 rings (SSSR count). The van der Waals surface area contributed by atoms with Crippen molar-refractivity contribution in [3.8, 4) is 5.75 Å². The maximum Gasteiger partial charge on any atom is 0.240 e. The summed E-state index contributed by atoms with van der Waals surface area (Å²) < 4.78 is 0. The van der Waals surface area contributed by atoms with Crippen molar-refractivity contribution in [1.82, 2.24) is 4.90 Å². The molecule has 1 aliphatic rings. The number of hydrogen-bond donors (Lipinski definition) is 2. The van der Waals surface area contributed by atoms with E-state index in [0.29, 0.717) is 13.1 Å². The molecule has 1 aliphatic heterocycles. The number of halogens is 2. The molecule has 0 unspecified atom stereocenters. The third kappa shape index (κ3) is 5.44. The van der Waals surface area contributed by atoms with Gasteiger partial charge < -0.3 is 20.6 Å². The predicted molar refractivity (Wildman–Crippen MR) is 98.8 cm³/mol. The highest BCUT2D eigenvalue weighted by molar-refractivity contribution is 5.85. The number of aromatic hydroxyl groups is 1. The SMILES string of the molecule is CC(C)(C)[C@H](N)C(=O)N1CCN(c2ccc(O)cc2)CC1.Cl.Cl. The van der Waals surface area contributed by atoms with E-state index in [4.69, 9.17) is 5.73 Å². The Morgan fingerprint density at radius 1 is 1.09 bits per heavy atom. The molecule has 132 valence electrons. The minimum atomic E-state index is -0.460. The monoisotopic (exact) mass is 363 g/mol. The van der Waals surface area contributed by atoms with E-state index < -0.39 is 6.04 Å². The van der Waals surface area contributed by atoms with Gasteiger partial charge in [0, 0.05) is 31.9 Å². The van der Waals surface area contributed by atoms with Crippen molar-refractivity contribution in [1.29, 1.82) is 0 Å². The largest absolute Gasteiger partial charge is 0.508 e. The second-order valence-corrected chi connectivity index (χ2v) is 6.67. The van der Waals surface area contributed by atoms with Gasteiger partial charge in [0.2, 0.25) is 5.91 Å². The molecule has 0 spiro atoms. The number of carbonyl (C=O) groups excluding carboxylic acids is 1. The van der Waals surface area contributed by atoms with Gasteiger partial charge in [0.1, 0.15) is 5.75 Å². The molecule has 23 heavy (non-hydrogen) atoms. The van der Waals surface area contributed by atoms with Crippen LogP contribution in [0.4, 0.5) is 5.69 Å². The number of amides is 1. The minimum Gasteiger partial charge on any atom is -0.508 e. The zero-order valence-electron chi connectivity index (χ0n) is 13.9. The Balaban J connectivity index is 0.00000242. The van der Waals surface area contributed by atoms with Gasteiger partial charge in [-0.15, -0.1) is 24.8 Å². The van der Waals surface area contributed by atoms with E-state index in [9.17, 15) is 9.90 Å². The third-order valence-electron chi connectivity index (χ3n) is 4.01. The first-order valence-electron chi connectivity index (χ1n) is 7.37. The Morgan fingerprint density at radius 3 is 2.00 bits per heavy atom. The molecule has 1 amide bonds. The smallest absolute Gasteiger partial charge is 0.240 e. The number of carbonyl (C=O) groups is 1. The van der Waals surface area contributed by atoms with Crippen LogP contribution in [0.25, 0.3) is 0 Å². The molecule has 1 heterocycles. The highest BCUT2D eigenvalue weighted by Crippen LogP contribution is 2.22. The van der Waals surface area contributed by atoms with Crippen LogP contribution in [0, 0.1) is 5.41 Å². The van der Waals surface area contributed by atoms with Crippen molar-refractivity contribution in [3.05, 3.63) is 24.3 Å². The molecule has 7 heteroatoms. The summed E-state index contributed by atoms with van der Waals surface area (Å²) in [6.07, 6.45) is 0. The lowest BCUT2D eigenvalue weighted by atomic mass is 9.86. The molecule has 0 bridgehead atoms. The van der Waals surface area contributed by atoms with Gasteiger partial charge in [0.05, 0.1) is 6.04 Å². The van der Waals surface area contributed by atoms with Crippen LogP contribution in [-0.4, -0.2) is 48.1 Å². The number of benzene rings is 1. The highest BCUT2D eigenvalue weighted by atomic mass is 35.5. The third-order valence-corrected chi connectivity index (χ3v) is 4.01. The van der Waals surface area contributed by atoms with Gasteiger partial charge in [0.25, 0.3) is 0 Å². The van der Waals surface area contributed by atoms with Crippen molar-refractivity contribution < 1.29 is 9.90 Å². The van der Waals surface area contributed by atoms with E-state index >= 15 is 0 Å². The molecule has 1 aromatic rings. The molecule has 0 aromatic heterocycles. The Kier molecular flexibility index (Phi) is 8.18. The molecule has 1 fully saturated rings. The second kappa shape index (κ2) is 8.62. The van der Waals surface area contributed by atoms with E-state index in [0.717, 1.165) is 18.8 Å². The summed E-state index contributed by atoms with van der Waals surface area (Å²) in [4.78, 5) is 16.5. The summed E-state index contributed by atoms with van der Waals surface area (Å²) >= 11 is 0. The quantitative estimate of drug-likeness (QED) is 0.845. The van der Waals surface area contributed by atoms with Crippen LogP contribution in [0.2, 0.25) is 0 Å². The van der Waals surface area contributed by atoms with Crippen molar-refractivity contribution in [2.24, 2.45) is 11.1 Å². The van der Waals surface area contributed by atoms with Gasteiger partial charge in [-0.25, -0.2) is 0 Å². The first-order valence-corrected chi connectivity index (χ1v) is 7.37. The Bertz CT molecular complexity index is 495. The van der Waals surface area contributed by atoms with E-state index in [2.05, 4.69) is 4.90 Å². The lowest BCUT2D eigenvalue weighted by molar-refractivity contribution is -0.135. The lowest BCUT2D eigenvalue weighted by Gasteiger charge is -2.39. The zero-order valence-corrected chi connectivity index (χ0v) is 15.5. The van der Waals surface area contributed by atoms with Crippen molar-refractivity contribution in [2.75, 3.05) is 31.1 Å². The molecule has 0 saturated carbocycles. The van der Waals surface area contributed by atoms with Gasteiger partial charge in [-0.1, -0.05) is 20.8 Å². The van der Waals surface area contributed by atoms with Crippen LogP contribution in [0.5, 0.6) is 5.75 Å². The van der Waals surface area contributed by atoms with Gasteiger partial charge in [0.15, 0.2) is 0 Å². The molecule has 0 radical (unpaired) electrons. The number of anilines is 1. The fourth-order valence-electron chi connectivity index (χ4n) is 2.42. The van der Waals surface area contributed by atoms with Crippen LogP contribution in [0.15, 0.2) is 24.3 Å². The first kappa shape index (κ1) is 21.8. The van der Waals surface area contributed by atoms with E-state index in [1.807, 2.05) is 37.8 Å². The van der Waals surface area contributed by atoms with Gasteiger partial charge in [-0.3, -0.25) is 4.79 Å².